The van der Waals surface area contributed by atoms with E-state index in [1.165, 1.54) is 6.07 Å². The van der Waals surface area contributed by atoms with Crippen molar-refractivity contribution in [3.8, 4) is 0 Å². The van der Waals surface area contributed by atoms with Crippen molar-refractivity contribution in [1.82, 2.24) is 4.98 Å². The second kappa shape index (κ2) is 4.71. The molecule has 1 N–H and O–H groups in total. The second-order valence-electron chi connectivity index (χ2n) is 4.35. The van der Waals surface area contributed by atoms with Crippen molar-refractivity contribution in [2.75, 3.05) is 18.0 Å². The molecule has 1 unspecified atom stereocenters. The van der Waals surface area contributed by atoms with Crippen LogP contribution in [0.3, 0.4) is 0 Å². The van der Waals surface area contributed by atoms with E-state index < -0.39 is 5.97 Å². The normalized spacial score (nSPS) is 24.7. The number of hydrogen-bond acceptors (Lipinski definition) is 4. The Kier molecular flexibility index (Phi) is 3.28. The first-order valence-electron chi connectivity index (χ1n) is 5.67. The molecule has 1 saturated heterocycles. The Morgan fingerprint density at radius 3 is 2.65 bits per heavy atom. The molecular weight excluding hydrogens is 220 g/mol. The van der Waals surface area contributed by atoms with Gasteiger partial charge in [-0.25, -0.2) is 9.78 Å². The summed E-state index contributed by atoms with van der Waals surface area (Å²) in [7, 11) is 0. The molecule has 17 heavy (non-hydrogen) atoms. The molecule has 1 fully saturated rings. The van der Waals surface area contributed by atoms with Crippen LogP contribution in [0, 0.1) is 0 Å². The molecule has 0 amide bonds. The average Bonchev–Trinajstić information content (AvgIpc) is 2.28. The van der Waals surface area contributed by atoms with Crippen LogP contribution in [0.5, 0.6) is 0 Å². The van der Waals surface area contributed by atoms with Gasteiger partial charge in [-0.05, 0) is 26.0 Å². The standard InChI is InChI=1S/C12H16N2O3/c1-8-6-14(7-9(2)17-8)11-5-3-4-10(13-11)12(15)16/h3-5,8-9H,6-7H2,1-2H3,(H,15,16)/t8-,9?/m1/s1. The number of anilines is 1. The lowest BCUT2D eigenvalue weighted by atomic mass is 10.2. The maximum Gasteiger partial charge on any atom is 0.354 e. The van der Waals surface area contributed by atoms with E-state index >= 15 is 0 Å². The van der Waals surface area contributed by atoms with Crippen LogP contribution in [0.15, 0.2) is 18.2 Å². The van der Waals surface area contributed by atoms with Crippen LogP contribution in [0.2, 0.25) is 0 Å². The lowest BCUT2D eigenvalue weighted by Gasteiger charge is -2.36. The van der Waals surface area contributed by atoms with E-state index in [4.69, 9.17) is 9.84 Å². The third-order valence-electron chi connectivity index (χ3n) is 2.70. The number of ether oxygens (including phenoxy) is 1. The maximum atomic E-state index is 10.9. The number of aromatic carboxylic acids is 1. The van der Waals surface area contributed by atoms with Crippen molar-refractivity contribution in [3.05, 3.63) is 23.9 Å². The van der Waals surface area contributed by atoms with E-state index in [0.717, 1.165) is 13.1 Å². The fraction of sp³-hybridized carbons (Fsp3) is 0.500. The summed E-state index contributed by atoms with van der Waals surface area (Å²) in [5, 5.41) is 8.91. The van der Waals surface area contributed by atoms with Crippen LogP contribution >= 0.6 is 0 Å². The lowest BCUT2D eigenvalue weighted by Crippen LogP contribution is -2.45. The van der Waals surface area contributed by atoms with Crippen LogP contribution in [-0.4, -0.2) is 41.4 Å². The number of nitrogens with zero attached hydrogens (tertiary/aromatic N) is 2. The van der Waals surface area contributed by atoms with E-state index in [2.05, 4.69) is 9.88 Å². The Bertz CT molecular complexity index is 412. The summed E-state index contributed by atoms with van der Waals surface area (Å²) in [6.07, 6.45) is 0.267. The van der Waals surface area contributed by atoms with Crippen LogP contribution in [-0.2, 0) is 4.74 Å². The second-order valence-corrected chi connectivity index (χ2v) is 4.35. The van der Waals surface area contributed by atoms with Gasteiger partial charge in [0.05, 0.1) is 12.2 Å². The highest BCUT2D eigenvalue weighted by Crippen LogP contribution is 2.18. The molecule has 1 aliphatic heterocycles. The first-order chi connectivity index (χ1) is 8.06. The molecule has 0 aliphatic carbocycles. The molecule has 1 aromatic rings. The number of hydrogen-bond donors (Lipinski definition) is 1. The highest BCUT2D eigenvalue weighted by atomic mass is 16.5. The van der Waals surface area contributed by atoms with E-state index in [-0.39, 0.29) is 17.9 Å². The van der Waals surface area contributed by atoms with Crippen molar-refractivity contribution in [2.45, 2.75) is 26.1 Å². The molecule has 2 heterocycles. The van der Waals surface area contributed by atoms with Crippen LogP contribution in [0.4, 0.5) is 5.82 Å². The zero-order valence-electron chi connectivity index (χ0n) is 9.96. The molecule has 0 bridgehead atoms. The molecule has 0 aromatic carbocycles. The highest BCUT2D eigenvalue weighted by Gasteiger charge is 2.23. The summed E-state index contributed by atoms with van der Waals surface area (Å²) < 4.78 is 5.63. The zero-order chi connectivity index (χ0) is 12.4. The SMILES string of the molecule is CC1CN(c2cccc(C(=O)O)n2)C[C@@H](C)O1. The molecule has 2 rings (SSSR count). The van der Waals surface area contributed by atoms with Gasteiger partial charge in [-0.1, -0.05) is 6.07 Å². The predicted octanol–water partition coefficient (Wildman–Crippen LogP) is 1.39. The topological polar surface area (TPSA) is 62.7 Å². The summed E-state index contributed by atoms with van der Waals surface area (Å²) in [5.74, 6) is -0.298. The molecule has 2 atom stereocenters. The third-order valence-corrected chi connectivity index (χ3v) is 2.70. The first kappa shape index (κ1) is 11.9. The number of pyridine rings is 1. The minimum absolute atomic E-state index is 0.0781. The van der Waals surface area contributed by atoms with Crippen LogP contribution in [0.1, 0.15) is 24.3 Å². The number of carboxylic acid groups (broad SMARTS) is 1. The fourth-order valence-electron chi connectivity index (χ4n) is 2.08. The van der Waals surface area contributed by atoms with E-state index in [1.54, 1.807) is 6.07 Å². The monoisotopic (exact) mass is 236 g/mol. The third kappa shape index (κ3) is 2.74. The summed E-state index contributed by atoms with van der Waals surface area (Å²) >= 11 is 0. The van der Waals surface area contributed by atoms with Gasteiger partial charge in [0.25, 0.3) is 0 Å². The largest absolute Gasteiger partial charge is 0.477 e. The van der Waals surface area contributed by atoms with Gasteiger partial charge in [-0.2, -0.15) is 0 Å². The summed E-state index contributed by atoms with van der Waals surface area (Å²) in [4.78, 5) is 17.1. The maximum absolute atomic E-state index is 10.9. The molecule has 0 spiro atoms. The quantitative estimate of drug-likeness (QED) is 0.840. The molecule has 92 valence electrons. The first-order valence-corrected chi connectivity index (χ1v) is 5.67. The van der Waals surface area contributed by atoms with Crippen molar-refractivity contribution < 1.29 is 14.6 Å². The Labute approximate surface area is 100 Å². The lowest BCUT2D eigenvalue weighted by molar-refractivity contribution is -0.00546. The molecule has 1 aromatic heterocycles. The molecule has 0 radical (unpaired) electrons. The van der Waals surface area contributed by atoms with Gasteiger partial charge in [0, 0.05) is 13.1 Å². The Morgan fingerprint density at radius 1 is 1.41 bits per heavy atom. The van der Waals surface area contributed by atoms with E-state index in [0.29, 0.717) is 5.82 Å². The van der Waals surface area contributed by atoms with Crippen molar-refractivity contribution in [2.24, 2.45) is 0 Å². The number of carboxylic acids is 1. The molecule has 0 saturated carbocycles. The predicted molar refractivity (Wildman–Crippen MR) is 63.4 cm³/mol. The minimum atomic E-state index is -0.999. The number of rotatable bonds is 2. The zero-order valence-corrected chi connectivity index (χ0v) is 9.96. The molecular formula is C12H16N2O3. The smallest absolute Gasteiger partial charge is 0.354 e. The highest BCUT2D eigenvalue weighted by molar-refractivity contribution is 5.85. The van der Waals surface area contributed by atoms with Crippen molar-refractivity contribution in [3.63, 3.8) is 0 Å². The number of aromatic nitrogens is 1. The van der Waals surface area contributed by atoms with Gasteiger partial charge in [-0.15, -0.1) is 0 Å². The Hall–Kier alpha value is -1.62. The van der Waals surface area contributed by atoms with Crippen LogP contribution in [0.25, 0.3) is 0 Å². The number of carbonyl (C=O) groups is 1. The van der Waals surface area contributed by atoms with Gasteiger partial charge in [-0.3, -0.25) is 0 Å². The summed E-state index contributed by atoms with van der Waals surface area (Å²) in [5.41, 5.74) is 0.0781. The molecule has 5 nitrogen and oxygen atoms in total. The fourth-order valence-corrected chi connectivity index (χ4v) is 2.08. The Balaban J connectivity index is 2.21. The van der Waals surface area contributed by atoms with Gasteiger partial charge in [0.15, 0.2) is 5.69 Å². The summed E-state index contributed by atoms with van der Waals surface area (Å²) in [6.45, 7) is 5.48. The van der Waals surface area contributed by atoms with Crippen LogP contribution < -0.4 is 4.90 Å². The minimum Gasteiger partial charge on any atom is -0.477 e. The van der Waals surface area contributed by atoms with Gasteiger partial charge in [0.2, 0.25) is 0 Å². The van der Waals surface area contributed by atoms with Gasteiger partial charge >= 0.3 is 5.97 Å². The summed E-state index contributed by atoms with van der Waals surface area (Å²) in [6, 6.07) is 5.05. The van der Waals surface area contributed by atoms with Gasteiger partial charge < -0.3 is 14.7 Å². The van der Waals surface area contributed by atoms with Crippen molar-refractivity contribution in [1.29, 1.82) is 0 Å². The average molecular weight is 236 g/mol. The molecule has 5 heteroatoms. The molecule has 1 aliphatic rings. The van der Waals surface area contributed by atoms with Gasteiger partial charge in [0.1, 0.15) is 5.82 Å². The van der Waals surface area contributed by atoms with E-state index in [1.807, 2.05) is 19.9 Å². The number of morpholine rings is 1. The van der Waals surface area contributed by atoms with E-state index in [9.17, 15) is 4.79 Å². The van der Waals surface area contributed by atoms with Crippen molar-refractivity contribution >= 4 is 11.8 Å². The Morgan fingerprint density at radius 2 is 2.06 bits per heavy atom.